The molecule has 5 aromatic carbocycles. The summed E-state index contributed by atoms with van der Waals surface area (Å²) in [5.74, 6) is 2.33. The molecule has 0 saturated heterocycles. The molecule has 0 saturated carbocycles. The molecule has 1 atom stereocenters. The third kappa shape index (κ3) is 4.91. The largest absolute Gasteiger partial charge is 0.368 e. The Bertz CT molecular complexity index is 2650. The van der Waals surface area contributed by atoms with Gasteiger partial charge < -0.3 is 4.90 Å². The van der Waals surface area contributed by atoms with E-state index in [-0.39, 0.29) is 5.41 Å². The van der Waals surface area contributed by atoms with E-state index in [1.807, 2.05) is 24.3 Å². The van der Waals surface area contributed by atoms with E-state index in [4.69, 9.17) is 6.42 Å². The van der Waals surface area contributed by atoms with Gasteiger partial charge in [-0.05, 0) is 93.6 Å². The Balaban J connectivity index is 1.23. The predicted octanol–water partition coefficient (Wildman–Crippen LogP) is 10.1. The van der Waals surface area contributed by atoms with E-state index < -0.39 is 18.0 Å². The van der Waals surface area contributed by atoms with Crippen molar-refractivity contribution in [1.82, 2.24) is 0 Å². The number of allylic oxidation sites excluding steroid dienone is 4. The summed E-state index contributed by atoms with van der Waals surface area (Å²) in [6.07, 6.45) is 9.89. The van der Waals surface area contributed by atoms with Gasteiger partial charge in [0.1, 0.15) is 11.4 Å². The van der Waals surface area contributed by atoms with Gasteiger partial charge >= 0.3 is 12.1 Å². The molecule has 9 rings (SSSR count). The average Bonchev–Trinajstić information content (AvgIpc) is 3.75. The van der Waals surface area contributed by atoms with Crippen LogP contribution in [-0.2, 0) is 5.41 Å². The summed E-state index contributed by atoms with van der Waals surface area (Å²) in [6, 6.07) is 36.9. The number of hydrogen-bond donors (Lipinski definition) is 0. The van der Waals surface area contributed by atoms with E-state index >= 15 is 0 Å². The molecule has 0 fully saturated rings. The molecule has 4 aliphatic rings. The van der Waals surface area contributed by atoms with Crippen LogP contribution in [0.1, 0.15) is 31.9 Å². The van der Waals surface area contributed by atoms with Gasteiger partial charge in [-0.3, -0.25) is 0 Å². The highest BCUT2D eigenvalue weighted by molar-refractivity contribution is 6.69. The fraction of sp³-hybridized carbons (Fsp3) is 0.111. The van der Waals surface area contributed by atoms with Gasteiger partial charge in [0.2, 0.25) is 0 Å². The van der Waals surface area contributed by atoms with Crippen molar-refractivity contribution in [2.24, 2.45) is 25.9 Å². The Morgan fingerprint density at radius 3 is 1.96 bits per heavy atom. The minimum absolute atomic E-state index is 0.293. The molecule has 2 aliphatic heterocycles. The molecule has 5 aromatic rings. The summed E-state index contributed by atoms with van der Waals surface area (Å²) in [6.45, 7) is 6.24. The van der Waals surface area contributed by atoms with Gasteiger partial charge in [0.05, 0.1) is 23.0 Å². The maximum atomic E-state index is 13.1. The lowest BCUT2D eigenvalue weighted by Gasteiger charge is -2.30. The molecule has 4 amide bonds. The number of amides is 4. The highest BCUT2D eigenvalue weighted by Crippen LogP contribution is 2.51. The molecule has 52 heavy (non-hydrogen) atoms. The Morgan fingerprint density at radius 1 is 0.635 bits per heavy atom. The van der Waals surface area contributed by atoms with Crippen LogP contribution in [0.4, 0.5) is 21.0 Å². The minimum Gasteiger partial charge on any atom is -0.308 e. The second-order valence-electron chi connectivity index (χ2n) is 13.8. The van der Waals surface area contributed by atoms with Crippen LogP contribution in [0.15, 0.2) is 153 Å². The van der Waals surface area contributed by atoms with Crippen LogP contribution < -0.4 is 4.90 Å². The van der Waals surface area contributed by atoms with Crippen molar-refractivity contribution in [1.29, 1.82) is 0 Å². The first-order valence-corrected chi connectivity index (χ1v) is 17.1. The molecule has 0 N–H and O–H groups in total. The maximum Gasteiger partial charge on any atom is 0.368 e. The first-order chi connectivity index (χ1) is 25.2. The van der Waals surface area contributed by atoms with E-state index in [9.17, 15) is 9.59 Å². The number of terminal acetylenes is 1. The molecule has 2 aliphatic carbocycles. The number of aliphatic imine (C=N–C) groups is 4. The highest BCUT2D eigenvalue weighted by atomic mass is 16.2. The number of benzene rings is 5. The fourth-order valence-corrected chi connectivity index (χ4v) is 7.77. The summed E-state index contributed by atoms with van der Waals surface area (Å²) < 4.78 is 0. The lowest BCUT2D eigenvalue weighted by Crippen LogP contribution is -2.30. The highest BCUT2D eigenvalue weighted by Gasteiger charge is 2.39. The Labute approximate surface area is 301 Å². The Kier molecular flexibility index (Phi) is 6.99. The molecule has 7 nitrogen and oxygen atoms in total. The van der Waals surface area contributed by atoms with Gasteiger partial charge in [-0.15, -0.1) is 6.42 Å². The van der Waals surface area contributed by atoms with E-state index in [1.165, 1.54) is 33.0 Å². The number of nitrogens with zero attached hydrogens (tertiary/aromatic N) is 5. The summed E-state index contributed by atoms with van der Waals surface area (Å²) in [5.41, 5.74) is 10.9. The number of rotatable bonds is 5. The average molecular weight is 674 g/mol. The smallest absolute Gasteiger partial charge is 0.308 e. The Hall–Kier alpha value is -6.78. The van der Waals surface area contributed by atoms with E-state index in [1.54, 1.807) is 13.0 Å². The fourth-order valence-electron chi connectivity index (χ4n) is 7.77. The lowest BCUT2D eigenvalue weighted by atomic mass is 9.81. The molecule has 0 bridgehead atoms. The van der Waals surface area contributed by atoms with Crippen molar-refractivity contribution < 1.29 is 9.59 Å². The minimum atomic E-state index is -0.641. The molecule has 248 valence electrons. The van der Waals surface area contributed by atoms with Crippen molar-refractivity contribution in [3.8, 4) is 34.6 Å². The van der Waals surface area contributed by atoms with Crippen LogP contribution in [0.3, 0.4) is 0 Å². The second kappa shape index (κ2) is 11.6. The third-order valence-electron chi connectivity index (χ3n) is 10.3. The first-order valence-electron chi connectivity index (χ1n) is 17.1. The normalized spacial score (nSPS) is 18.2. The van der Waals surface area contributed by atoms with Gasteiger partial charge in [-0.25, -0.2) is 9.59 Å². The topological polar surface area (TPSA) is 86.8 Å². The number of carbonyl (C=O) groups is 2. The summed E-state index contributed by atoms with van der Waals surface area (Å²) in [4.78, 5) is 44.4. The van der Waals surface area contributed by atoms with Crippen LogP contribution >= 0.6 is 0 Å². The summed E-state index contributed by atoms with van der Waals surface area (Å²) in [7, 11) is 0. The third-order valence-corrected chi connectivity index (χ3v) is 10.3. The lowest BCUT2D eigenvalue weighted by molar-refractivity contribution is 0.256. The van der Waals surface area contributed by atoms with Crippen molar-refractivity contribution in [2.45, 2.75) is 26.2 Å². The molecule has 0 radical (unpaired) electrons. The molecule has 0 spiro atoms. The maximum absolute atomic E-state index is 13.1. The number of hydrogen-bond acceptors (Lipinski definition) is 3. The van der Waals surface area contributed by atoms with Crippen molar-refractivity contribution in [3.05, 3.63) is 144 Å². The van der Waals surface area contributed by atoms with Crippen molar-refractivity contribution in [3.63, 3.8) is 0 Å². The van der Waals surface area contributed by atoms with Crippen LogP contribution in [0.2, 0.25) is 0 Å². The van der Waals surface area contributed by atoms with Crippen LogP contribution in [0.5, 0.6) is 0 Å². The zero-order valence-electron chi connectivity index (χ0n) is 28.8. The number of urea groups is 2. The number of carbonyl (C=O) groups excluding carboxylic acids is 2. The number of anilines is 2. The zero-order valence-corrected chi connectivity index (χ0v) is 28.8. The molecular formula is C45H31N5O2. The van der Waals surface area contributed by atoms with E-state index in [2.05, 4.69) is 136 Å². The standard InChI is InChI=1S/C45H31N5O2/c1-5-27-21-36(40-26(2)46-43(51)47-40)41-42(49-44(52)48-41)39(22-27)50(32-17-15-29(16-18-32)28-11-7-6-8-12-28)33-19-20-34-35-23-30-13-9-10-14-31(30)24-37(35)45(3,4)38(34)25-33/h1,6-25,27H,2-4H3. The van der Waals surface area contributed by atoms with E-state index in [0.717, 1.165) is 22.5 Å². The summed E-state index contributed by atoms with van der Waals surface area (Å²) >= 11 is 0. The summed E-state index contributed by atoms with van der Waals surface area (Å²) in [5, 5.41) is 2.41. The van der Waals surface area contributed by atoms with Gasteiger partial charge in [0, 0.05) is 22.4 Å². The quantitative estimate of drug-likeness (QED) is 0.174. The monoisotopic (exact) mass is 673 g/mol. The van der Waals surface area contributed by atoms with Crippen LogP contribution in [0.25, 0.3) is 33.0 Å². The van der Waals surface area contributed by atoms with Crippen molar-refractivity contribution in [2.75, 3.05) is 4.90 Å². The van der Waals surface area contributed by atoms with Crippen molar-refractivity contribution >= 4 is 57.1 Å². The number of fused-ring (bicyclic) bond motifs is 5. The van der Waals surface area contributed by atoms with Gasteiger partial charge in [0.15, 0.2) is 0 Å². The molecule has 7 heteroatoms. The molecule has 2 heterocycles. The molecule has 1 unspecified atom stereocenters. The first kappa shape index (κ1) is 31.2. The second-order valence-corrected chi connectivity index (χ2v) is 13.8. The van der Waals surface area contributed by atoms with Crippen LogP contribution in [-0.4, -0.2) is 34.9 Å². The van der Waals surface area contributed by atoms with E-state index in [0.29, 0.717) is 34.1 Å². The van der Waals surface area contributed by atoms with Gasteiger partial charge in [-0.1, -0.05) is 98.6 Å². The van der Waals surface area contributed by atoms with Gasteiger partial charge in [-0.2, -0.15) is 20.0 Å². The van der Waals surface area contributed by atoms with Gasteiger partial charge in [0.25, 0.3) is 0 Å². The Morgan fingerprint density at radius 2 is 1.25 bits per heavy atom. The predicted molar refractivity (Wildman–Crippen MR) is 210 cm³/mol. The molecular weight excluding hydrogens is 643 g/mol. The molecule has 0 aromatic heterocycles. The zero-order chi connectivity index (χ0) is 35.7. The SMILES string of the molecule is C#CC1C=C(C2=NC(=O)N=C2C)C2=NC(=O)N=C2C(N(c2ccc(-c3ccccc3)cc2)c2ccc3c(c2)C(C)(C)c2cc4ccccc4cc2-3)=C1. The van der Waals surface area contributed by atoms with Crippen LogP contribution in [0, 0.1) is 18.3 Å².